The maximum Gasteiger partial charge on any atom is 0.270 e. The van der Waals surface area contributed by atoms with Crippen molar-refractivity contribution in [1.29, 1.82) is 0 Å². The molecule has 0 aromatic heterocycles. The Morgan fingerprint density at radius 1 is 1.12 bits per heavy atom. The molecular weight excluding hydrogens is 349 g/mol. The van der Waals surface area contributed by atoms with E-state index in [4.69, 9.17) is 12.2 Å². The van der Waals surface area contributed by atoms with Crippen LogP contribution in [-0.2, 0) is 4.79 Å². The van der Waals surface area contributed by atoms with Crippen molar-refractivity contribution in [3.8, 4) is 0 Å². The Bertz CT molecular complexity index is 860. The lowest BCUT2D eigenvalue weighted by molar-refractivity contribution is -0.255. The van der Waals surface area contributed by atoms with Crippen molar-refractivity contribution >= 4 is 51.9 Å². The first-order valence-electron chi connectivity index (χ1n) is 6.80. The van der Waals surface area contributed by atoms with Crippen LogP contribution >= 0.6 is 24.0 Å². The molecule has 0 atom stereocenters. The summed E-state index contributed by atoms with van der Waals surface area (Å²) in [4.78, 5) is 25.0. The van der Waals surface area contributed by atoms with Crippen LogP contribution < -0.4 is 10.0 Å². The number of anilines is 1. The molecule has 1 fully saturated rings. The van der Waals surface area contributed by atoms with Crippen molar-refractivity contribution in [2.45, 2.75) is 0 Å². The molecule has 0 radical (unpaired) electrons. The number of benzene rings is 2. The Labute approximate surface area is 146 Å². The smallest absolute Gasteiger partial charge is 0.270 e. The molecular formula is C17H9FNO3S2-. The van der Waals surface area contributed by atoms with Gasteiger partial charge in [-0.25, -0.2) is 4.39 Å². The number of aromatic carboxylic acids is 1. The standard InChI is InChI=1S/C17H10FNO3S2/c18-12-5-7-13(8-6-12)19-15(20)14(24-17(19)23)9-10-1-3-11(4-2-10)16(21)22/h1-9H,(H,21,22)/p-1/b14-9-. The van der Waals surface area contributed by atoms with Crippen LogP contribution in [0.25, 0.3) is 6.08 Å². The number of hydrogen-bond donors (Lipinski definition) is 0. The van der Waals surface area contributed by atoms with Gasteiger partial charge < -0.3 is 9.90 Å². The molecule has 0 aliphatic carbocycles. The van der Waals surface area contributed by atoms with Crippen LogP contribution in [0, 0.1) is 5.82 Å². The van der Waals surface area contributed by atoms with Gasteiger partial charge in [0, 0.05) is 0 Å². The molecule has 0 N–H and O–H groups in total. The first kappa shape index (κ1) is 16.4. The van der Waals surface area contributed by atoms with Crippen molar-refractivity contribution < 1.29 is 19.1 Å². The molecule has 0 saturated carbocycles. The molecule has 1 aliphatic heterocycles. The SMILES string of the molecule is O=C([O-])c1ccc(/C=C2\SC(=S)N(c3ccc(F)cc3)C2=O)cc1. The number of carbonyl (C=O) groups excluding carboxylic acids is 2. The maximum atomic E-state index is 13.0. The molecule has 2 aromatic carbocycles. The van der Waals surface area contributed by atoms with E-state index in [0.29, 0.717) is 20.5 Å². The third-order valence-corrected chi connectivity index (χ3v) is 4.62. The minimum atomic E-state index is -1.26. The van der Waals surface area contributed by atoms with Crippen LogP contribution in [0.2, 0.25) is 0 Å². The van der Waals surface area contributed by atoms with Gasteiger partial charge in [-0.1, -0.05) is 48.2 Å². The molecule has 120 valence electrons. The molecule has 1 aliphatic rings. The van der Waals surface area contributed by atoms with E-state index in [1.165, 1.54) is 41.3 Å². The van der Waals surface area contributed by atoms with Crippen LogP contribution in [0.15, 0.2) is 53.4 Å². The molecule has 1 saturated heterocycles. The van der Waals surface area contributed by atoms with Crippen LogP contribution in [0.5, 0.6) is 0 Å². The van der Waals surface area contributed by atoms with Gasteiger partial charge in [-0.05, 0) is 41.5 Å². The average Bonchev–Trinajstić information content (AvgIpc) is 2.83. The van der Waals surface area contributed by atoms with E-state index in [1.807, 2.05) is 0 Å². The Morgan fingerprint density at radius 3 is 2.33 bits per heavy atom. The lowest BCUT2D eigenvalue weighted by atomic mass is 10.1. The fourth-order valence-corrected chi connectivity index (χ4v) is 3.45. The highest BCUT2D eigenvalue weighted by atomic mass is 32.2. The van der Waals surface area contributed by atoms with Gasteiger partial charge in [0.25, 0.3) is 5.91 Å². The molecule has 24 heavy (non-hydrogen) atoms. The quantitative estimate of drug-likeness (QED) is 0.623. The number of rotatable bonds is 3. The summed E-state index contributed by atoms with van der Waals surface area (Å²) >= 11 is 6.36. The summed E-state index contributed by atoms with van der Waals surface area (Å²) in [7, 11) is 0. The highest BCUT2D eigenvalue weighted by Crippen LogP contribution is 2.36. The van der Waals surface area contributed by atoms with Crippen LogP contribution in [-0.4, -0.2) is 16.2 Å². The predicted octanol–water partition coefficient (Wildman–Crippen LogP) is 2.60. The molecule has 0 bridgehead atoms. The monoisotopic (exact) mass is 358 g/mol. The zero-order chi connectivity index (χ0) is 17.3. The summed E-state index contributed by atoms with van der Waals surface area (Å²) in [5.74, 6) is -1.96. The number of thioether (sulfide) groups is 1. The summed E-state index contributed by atoms with van der Waals surface area (Å²) in [5, 5.41) is 10.7. The Hall–Kier alpha value is -2.51. The molecule has 2 aromatic rings. The number of carbonyl (C=O) groups is 2. The van der Waals surface area contributed by atoms with E-state index in [2.05, 4.69) is 0 Å². The number of thiocarbonyl (C=S) groups is 1. The van der Waals surface area contributed by atoms with Gasteiger partial charge in [-0.3, -0.25) is 9.69 Å². The van der Waals surface area contributed by atoms with Gasteiger partial charge in [0.05, 0.1) is 16.6 Å². The zero-order valence-corrected chi connectivity index (χ0v) is 13.7. The van der Waals surface area contributed by atoms with E-state index >= 15 is 0 Å². The van der Waals surface area contributed by atoms with E-state index in [-0.39, 0.29) is 11.5 Å². The summed E-state index contributed by atoms with van der Waals surface area (Å²) in [6.07, 6.45) is 1.63. The average molecular weight is 358 g/mol. The number of halogens is 1. The molecule has 1 heterocycles. The number of hydrogen-bond acceptors (Lipinski definition) is 5. The summed E-state index contributed by atoms with van der Waals surface area (Å²) in [6.45, 7) is 0. The fraction of sp³-hybridized carbons (Fsp3) is 0. The first-order chi connectivity index (χ1) is 11.5. The molecule has 1 amide bonds. The third-order valence-electron chi connectivity index (χ3n) is 3.32. The number of nitrogens with zero attached hydrogens (tertiary/aromatic N) is 1. The Kier molecular flexibility index (Phi) is 4.46. The first-order valence-corrected chi connectivity index (χ1v) is 8.03. The molecule has 0 unspecified atom stereocenters. The van der Waals surface area contributed by atoms with Gasteiger partial charge in [-0.2, -0.15) is 0 Å². The van der Waals surface area contributed by atoms with Gasteiger partial charge in [0.15, 0.2) is 4.32 Å². The van der Waals surface area contributed by atoms with Gasteiger partial charge in [0.2, 0.25) is 0 Å². The zero-order valence-electron chi connectivity index (χ0n) is 12.1. The molecule has 0 spiro atoms. The molecule has 3 rings (SSSR count). The van der Waals surface area contributed by atoms with Crippen LogP contribution in [0.3, 0.4) is 0 Å². The van der Waals surface area contributed by atoms with E-state index in [9.17, 15) is 19.1 Å². The van der Waals surface area contributed by atoms with Gasteiger partial charge in [-0.15, -0.1) is 0 Å². The minimum Gasteiger partial charge on any atom is -0.545 e. The second-order valence-electron chi connectivity index (χ2n) is 4.90. The van der Waals surface area contributed by atoms with Crippen molar-refractivity contribution in [1.82, 2.24) is 0 Å². The van der Waals surface area contributed by atoms with Gasteiger partial charge in [0.1, 0.15) is 5.82 Å². The number of carboxylic acid groups (broad SMARTS) is 1. The van der Waals surface area contributed by atoms with E-state index < -0.39 is 11.8 Å². The summed E-state index contributed by atoms with van der Waals surface area (Å²) < 4.78 is 13.4. The molecule has 7 heteroatoms. The van der Waals surface area contributed by atoms with E-state index in [0.717, 1.165) is 11.8 Å². The molecule has 4 nitrogen and oxygen atoms in total. The second kappa shape index (κ2) is 6.54. The highest BCUT2D eigenvalue weighted by Gasteiger charge is 2.33. The highest BCUT2D eigenvalue weighted by molar-refractivity contribution is 8.27. The van der Waals surface area contributed by atoms with Gasteiger partial charge >= 0.3 is 0 Å². The topological polar surface area (TPSA) is 60.4 Å². The van der Waals surface area contributed by atoms with Crippen molar-refractivity contribution in [3.63, 3.8) is 0 Å². The summed E-state index contributed by atoms with van der Waals surface area (Å²) in [5.41, 5.74) is 1.22. The largest absolute Gasteiger partial charge is 0.545 e. The summed E-state index contributed by atoms with van der Waals surface area (Å²) in [6, 6.07) is 11.5. The maximum absolute atomic E-state index is 13.0. The normalized spacial score (nSPS) is 16.0. The lowest BCUT2D eigenvalue weighted by Crippen LogP contribution is -2.27. The number of amides is 1. The van der Waals surface area contributed by atoms with Crippen molar-refractivity contribution in [2.24, 2.45) is 0 Å². The number of carboxylic acids is 1. The van der Waals surface area contributed by atoms with Crippen LogP contribution in [0.1, 0.15) is 15.9 Å². The Morgan fingerprint density at radius 2 is 1.75 bits per heavy atom. The third kappa shape index (κ3) is 3.22. The fourth-order valence-electron chi connectivity index (χ4n) is 2.15. The van der Waals surface area contributed by atoms with E-state index in [1.54, 1.807) is 18.2 Å². The van der Waals surface area contributed by atoms with Crippen molar-refractivity contribution in [3.05, 3.63) is 70.4 Å². The Balaban J connectivity index is 1.87. The van der Waals surface area contributed by atoms with Crippen molar-refractivity contribution in [2.75, 3.05) is 4.90 Å². The van der Waals surface area contributed by atoms with Crippen LogP contribution in [0.4, 0.5) is 10.1 Å². The second-order valence-corrected chi connectivity index (χ2v) is 6.58. The lowest BCUT2D eigenvalue weighted by Gasteiger charge is -2.14. The minimum absolute atomic E-state index is 0.0611. The predicted molar refractivity (Wildman–Crippen MR) is 92.8 cm³/mol.